The topological polar surface area (TPSA) is 95.7 Å². The van der Waals surface area contributed by atoms with Crippen molar-refractivity contribution in [2.75, 3.05) is 20.1 Å². The van der Waals surface area contributed by atoms with Crippen LogP contribution in [0.4, 0.5) is 4.79 Å². The lowest BCUT2D eigenvalue weighted by Crippen LogP contribution is -2.51. The van der Waals surface area contributed by atoms with Crippen LogP contribution in [0.5, 0.6) is 0 Å². The highest BCUT2D eigenvalue weighted by atomic mass is 16.4. The number of rotatable bonds is 1. The molecule has 1 aliphatic heterocycles. The van der Waals surface area contributed by atoms with Gasteiger partial charge in [-0.15, -0.1) is 0 Å². The lowest BCUT2D eigenvalue weighted by molar-refractivity contribution is -0.142. The Bertz CT molecular complexity index is 243. The highest BCUT2D eigenvalue weighted by Crippen LogP contribution is 2.18. The minimum atomic E-state index is -1.27. The number of carbonyl (C=O) groups is 2. The summed E-state index contributed by atoms with van der Waals surface area (Å²) >= 11 is 0. The van der Waals surface area contributed by atoms with E-state index in [9.17, 15) is 9.59 Å². The summed E-state index contributed by atoms with van der Waals surface area (Å²) < 4.78 is 0. The second-order valence-corrected chi connectivity index (χ2v) is 3.19. The normalized spacial score (nSPS) is 27.4. The Hall–Kier alpha value is -1.30. The van der Waals surface area contributed by atoms with E-state index >= 15 is 0 Å². The second-order valence-electron chi connectivity index (χ2n) is 3.19. The summed E-state index contributed by atoms with van der Waals surface area (Å²) in [5.41, 5.74) is 4.29. The zero-order chi connectivity index (χ0) is 10.1. The van der Waals surface area contributed by atoms with Crippen molar-refractivity contribution in [3.8, 4) is 0 Å². The minimum absolute atomic E-state index is 0.0714. The van der Waals surface area contributed by atoms with Crippen LogP contribution in [0.3, 0.4) is 0 Å². The molecule has 2 amide bonds. The molecule has 4 N–H and O–H groups in total. The van der Waals surface area contributed by atoms with Gasteiger partial charge in [-0.1, -0.05) is 0 Å². The standard InChI is InChI=1S/C7H13N3O3/c1-9-6(13)10-3-2-7(8,4-10)5(11)12/h2-4,8H2,1H3,(H,9,13)(H,11,12). The molecule has 1 heterocycles. The molecule has 1 atom stereocenters. The van der Waals surface area contributed by atoms with Crippen molar-refractivity contribution in [1.82, 2.24) is 10.2 Å². The highest BCUT2D eigenvalue weighted by molar-refractivity contribution is 5.82. The molecule has 0 spiro atoms. The maximum absolute atomic E-state index is 11.1. The van der Waals surface area contributed by atoms with Gasteiger partial charge in [0, 0.05) is 13.6 Å². The van der Waals surface area contributed by atoms with Crippen LogP contribution < -0.4 is 11.1 Å². The molecule has 0 aromatic heterocycles. The number of amides is 2. The second kappa shape index (κ2) is 3.21. The van der Waals surface area contributed by atoms with Crippen LogP contribution >= 0.6 is 0 Å². The van der Waals surface area contributed by atoms with Crippen LogP contribution in [-0.2, 0) is 4.79 Å². The van der Waals surface area contributed by atoms with Crippen molar-refractivity contribution in [2.24, 2.45) is 5.73 Å². The average molecular weight is 187 g/mol. The summed E-state index contributed by atoms with van der Waals surface area (Å²) in [6, 6.07) is -0.284. The van der Waals surface area contributed by atoms with Gasteiger partial charge in [0.05, 0.1) is 6.54 Å². The van der Waals surface area contributed by atoms with E-state index in [-0.39, 0.29) is 12.6 Å². The molecule has 1 unspecified atom stereocenters. The number of nitrogens with one attached hydrogen (secondary N) is 1. The minimum Gasteiger partial charge on any atom is -0.480 e. The number of urea groups is 1. The average Bonchev–Trinajstić information content (AvgIpc) is 2.48. The Morgan fingerprint density at radius 2 is 2.23 bits per heavy atom. The number of carbonyl (C=O) groups excluding carboxylic acids is 1. The molecule has 0 saturated carbocycles. The molecule has 1 saturated heterocycles. The van der Waals surface area contributed by atoms with Crippen molar-refractivity contribution in [1.29, 1.82) is 0 Å². The summed E-state index contributed by atoms with van der Waals surface area (Å²) in [4.78, 5) is 23.2. The van der Waals surface area contributed by atoms with Crippen LogP contribution in [0, 0.1) is 0 Å². The van der Waals surface area contributed by atoms with Crippen molar-refractivity contribution in [3.05, 3.63) is 0 Å². The van der Waals surface area contributed by atoms with E-state index in [0.29, 0.717) is 13.0 Å². The lowest BCUT2D eigenvalue weighted by Gasteiger charge is -2.19. The predicted molar refractivity (Wildman–Crippen MR) is 45.2 cm³/mol. The van der Waals surface area contributed by atoms with Crippen molar-refractivity contribution < 1.29 is 14.7 Å². The molecule has 1 aliphatic rings. The molecule has 0 bridgehead atoms. The van der Waals surface area contributed by atoms with Crippen LogP contribution in [-0.4, -0.2) is 47.7 Å². The lowest BCUT2D eigenvalue weighted by atomic mass is 10.0. The van der Waals surface area contributed by atoms with Gasteiger partial charge < -0.3 is 21.1 Å². The van der Waals surface area contributed by atoms with Crippen molar-refractivity contribution in [2.45, 2.75) is 12.0 Å². The van der Waals surface area contributed by atoms with Gasteiger partial charge in [-0.25, -0.2) is 4.79 Å². The van der Waals surface area contributed by atoms with E-state index in [2.05, 4.69) is 5.32 Å². The van der Waals surface area contributed by atoms with E-state index in [4.69, 9.17) is 10.8 Å². The molecular weight excluding hydrogens is 174 g/mol. The summed E-state index contributed by atoms with van der Waals surface area (Å²) in [5.74, 6) is -1.06. The predicted octanol–water partition coefficient (Wildman–Crippen LogP) is -1.19. The largest absolute Gasteiger partial charge is 0.480 e. The van der Waals surface area contributed by atoms with Crippen LogP contribution in [0.15, 0.2) is 0 Å². The number of carboxylic acid groups (broad SMARTS) is 1. The Balaban J connectivity index is 2.63. The maximum atomic E-state index is 11.1. The van der Waals surface area contributed by atoms with Crippen LogP contribution in [0.25, 0.3) is 0 Å². The Morgan fingerprint density at radius 1 is 1.62 bits per heavy atom. The first-order valence-corrected chi connectivity index (χ1v) is 3.98. The number of likely N-dealkylation sites (tertiary alicyclic amines) is 1. The molecule has 0 radical (unpaired) electrons. The number of nitrogens with zero attached hydrogens (tertiary/aromatic N) is 1. The molecule has 1 rings (SSSR count). The quantitative estimate of drug-likeness (QED) is 0.481. The Labute approximate surface area is 75.7 Å². The first-order chi connectivity index (χ1) is 5.99. The third kappa shape index (κ3) is 1.72. The monoisotopic (exact) mass is 187 g/mol. The molecule has 13 heavy (non-hydrogen) atoms. The van der Waals surface area contributed by atoms with Gasteiger partial charge in [-0.05, 0) is 6.42 Å². The number of aliphatic carboxylic acids is 1. The van der Waals surface area contributed by atoms with E-state index in [1.165, 1.54) is 11.9 Å². The molecule has 74 valence electrons. The van der Waals surface area contributed by atoms with E-state index in [0.717, 1.165) is 0 Å². The maximum Gasteiger partial charge on any atom is 0.325 e. The highest BCUT2D eigenvalue weighted by Gasteiger charge is 2.42. The molecule has 0 aromatic carbocycles. The first kappa shape index (κ1) is 9.79. The van der Waals surface area contributed by atoms with Gasteiger partial charge in [0.1, 0.15) is 5.54 Å². The van der Waals surface area contributed by atoms with Crippen molar-refractivity contribution in [3.63, 3.8) is 0 Å². The summed E-state index contributed by atoms with van der Waals surface area (Å²) in [5, 5.41) is 11.2. The number of carboxylic acids is 1. The van der Waals surface area contributed by atoms with Gasteiger partial charge >= 0.3 is 12.0 Å². The van der Waals surface area contributed by atoms with Gasteiger partial charge in [0.25, 0.3) is 0 Å². The fraction of sp³-hybridized carbons (Fsp3) is 0.714. The fourth-order valence-corrected chi connectivity index (χ4v) is 1.34. The van der Waals surface area contributed by atoms with E-state index in [1.54, 1.807) is 0 Å². The molecule has 6 heteroatoms. The van der Waals surface area contributed by atoms with Crippen LogP contribution in [0.1, 0.15) is 6.42 Å². The molecule has 1 fully saturated rings. The fourth-order valence-electron chi connectivity index (χ4n) is 1.34. The number of hydrogen-bond acceptors (Lipinski definition) is 3. The van der Waals surface area contributed by atoms with Gasteiger partial charge in [-0.2, -0.15) is 0 Å². The molecule has 0 aliphatic carbocycles. The molecular formula is C7H13N3O3. The van der Waals surface area contributed by atoms with E-state index in [1.807, 2.05) is 0 Å². The number of hydrogen-bond donors (Lipinski definition) is 3. The first-order valence-electron chi connectivity index (χ1n) is 3.98. The molecule has 0 aromatic rings. The third-order valence-corrected chi connectivity index (χ3v) is 2.23. The number of nitrogens with two attached hydrogens (primary N) is 1. The third-order valence-electron chi connectivity index (χ3n) is 2.23. The summed E-state index contributed by atoms with van der Waals surface area (Å²) in [7, 11) is 1.50. The SMILES string of the molecule is CNC(=O)N1CCC(N)(C(=O)O)C1. The summed E-state index contributed by atoms with van der Waals surface area (Å²) in [6.07, 6.45) is 0.301. The van der Waals surface area contributed by atoms with Crippen LogP contribution in [0.2, 0.25) is 0 Å². The van der Waals surface area contributed by atoms with Gasteiger partial charge in [-0.3, -0.25) is 4.79 Å². The van der Waals surface area contributed by atoms with E-state index < -0.39 is 11.5 Å². The Morgan fingerprint density at radius 3 is 2.62 bits per heavy atom. The summed E-state index contributed by atoms with van der Waals surface area (Å²) in [6.45, 7) is 0.463. The zero-order valence-corrected chi connectivity index (χ0v) is 7.41. The van der Waals surface area contributed by atoms with Gasteiger partial charge in [0.15, 0.2) is 0 Å². The van der Waals surface area contributed by atoms with Gasteiger partial charge in [0.2, 0.25) is 0 Å². The van der Waals surface area contributed by atoms with Crippen molar-refractivity contribution >= 4 is 12.0 Å². The molecule has 6 nitrogen and oxygen atoms in total. The zero-order valence-electron chi connectivity index (χ0n) is 7.41. The Kier molecular flexibility index (Phi) is 2.42. The smallest absolute Gasteiger partial charge is 0.325 e.